The van der Waals surface area contributed by atoms with Gasteiger partial charge in [-0.1, -0.05) is 7.43 Å². The first-order chi connectivity index (χ1) is 4.52. The van der Waals surface area contributed by atoms with Crippen molar-refractivity contribution in [2.45, 2.75) is 47.3 Å². The Labute approximate surface area is 70.0 Å². The molecule has 0 fully saturated rings. The van der Waals surface area contributed by atoms with Gasteiger partial charge in [0, 0.05) is 0 Å². The summed E-state index contributed by atoms with van der Waals surface area (Å²) < 4.78 is 20.6. The van der Waals surface area contributed by atoms with E-state index in [0.717, 1.165) is 0 Å². The van der Waals surface area contributed by atoms with E-state index < -0.39 is 8.25 Å². The minimum atomic E-state index is -2.24. The Bertz CT molecular complexity index is 100. The van der Waals surface area contributed by atoms with Crippen LogP contribution in [0, 0.1) is 0 Å². The number of rotatable bonds is 4. The van der Waals surface area contributed by atoms with Gasteiger partial charge in [-0.15, -0.1) is 0 Å². The van der Waals surface area contributed by atoms with Crippen LogP contribution in [-0.2, 0) is 13.6 Å². The molecule has 0 aromatic carbocycles. The van der Waals surface area contributed by atoms with Crippen molar-refractivity contribution in [2.24, 2.45) is 0 Å². The summed E-state index contributed by atoms with van der Waals surface area (Å²) >= 11 is 0. The second kappa shape index (κ2) is 6.84. The molecule has 0 heterocycles. The van der Waals surface area contributed by atoms with Gasteiger partial charge < -0.3 is 9.05 Å². The van der Waals surface area contributed by atoms with E-state index >= 15 is 0 Å². The van der Waals surface area contributed by atoms with Crippen molar-refractivity contribution in [3.63, 3.8) is 0 Å². The van der Waals surface area contributed by atoms with Gasteiger partial charge in [-0.25, -0.2) is 0 Å². The van der Waals surface area contributed by atoms with Crippen LogP contribution < -0.4 is 0 Å². The van der Waals surface area contributed by atoms with Crippen molar-refractivity contribution in [1.82, 2.24) is 0 Å². The standard InChI is InChI=1S/C6H15O3P.CH4/c1-5(2)8-10(7)9-6(3)4;/h5-6,10H,1-4H3;1H4. The van der Waals surface area contributed by atoms with Crippen LogP contribution in [-0.4, -0.2) is 12.2 Å². The summed E-state index contributed by atoms with van der Waals surface area (Å²) in [6.45, 7) is 7.30. The fraction of sp³-hybridized carbons (Fsp3) is 1.00. The van der Waals surface area contributed by atoms with Crippen molar-refractivity contribution in [2.75, 3.05) is 0 Å². The van der Waals surface area contributed by atoms with Crippen LogP contribution in [0.15, 0.2) is 0 Å². The summed E-state index contributed by atoms with van der Waals surface area (Å²) in [7, 11) is -2.24. The Kier molecular flexibility index (Phi) is 8.53. The van der Waals surface area contributed by atoms with Crippen LogP contribution in [0.5, 0.6) is 0 Å². The van der Waals surface area contributed by atoms with Crippen LogP contribution in [0.1, 0.15) is 35.1 Å². The van der Waals surface area contributed by atoms with Crippen molar-refractivity contribution >= 4 is 8.25 Å². The van der Waals surface area contributed by atoms with Gasteiger partial charge in [-0.05, 0) is 27.7 Å². The minimum absolute atomic E-state index is 0. The highest BCUT2D eigenvalue weighted by Crippen LogP contribution is 2.27. The molecule has 0 saturated heterocycles. The molecule has 0 atom stereocenters. The van der Waals surface area contributed by atoms with Crippen LogP contribution in [0.2, 0.25) is 0 Å². The van der Waals surface area contributed by atoms with Gasteiger partial charge in [0.25, 0.3) is 0 Å². The Morgan fingerprint density at radius 2 is 1.27 bits per heavy atom. The molecule has 0 amide bonds. The fourth-order valence-corrected chi connectivity index (χ4v) is 1.24. The maximum atomic E-state index is 10.8. The van der Waals surface area contributed by atoms with E-state index in [9.17, 15) is 4.57 Å². The van der Waals surface area contributed by atoms with Crippen molar-refractivity contribution in [1.29, 1.82) is 0 Å². The van der Waals surface area contributed by atoms with E-state index in [2.05, 4.69) is 0 Å². The van der Waals surface area contributed by atoms with Crippen molar-refractivity contribution in [3.8, 4) is 0 Å². The second-order valence-electron chi connectivity index (χ2n) is 2.58. The third kappa shape index (κ3) is 10.2. The zero-order valence-electron chi connectivity index (χ0n) is 6.88. The molecule has 0 aromatic rings. The van der Waals surface area contributed by atoms with E-state index in [1.54, 1.807) is 0 Å². The Balaban J connectivity index is 0. The zero-order valence-corrected chi connectivity index (χ0v) is 7.88. The summed E-state index contributed by atoms with van der Waals surface area (Å²) in [5.41, 5.74) is 0. The van der Waals surface area contributed by atoms with E-state index in [4.69, 9.17) is 9.05 Å². The first-order valence-corrected chi connectivity index (χ1v) is 4.62. The van der Waals surface area contributed by atoms with E-state index in [1.807, 2.05) is 27.7 Å². The molecule has 3 nitrogen and oxygen atoms in total. The topological polar surface area (TPSA) is 35.5 Å². The highest BCUT2D eigenvalue weighted by molar-refractivity contribution is 7.33. The Morgan fingerprint density at radius 1 is 1.00 bits per heavy atom. The summed E-state index contributed by atoms with van der Waals surface area (Å²) in [4.78, 5) is 0. The number of hydrogen-bond acceptors (Lipinski definition) is 3. The highest BCUT2D eigenvalue weighted by Gasteiger charge is 2.04. The molecule has 0 spiro atoms. The van der Waals surface area contributed by atoms with Crippen LogP contribution >= 0.6 is 8.25 Å². The third-order valence-corrected chi connectivity index (χ3v) is 1.99. The summed E-state index contributed by atoms with van der Waals surface area (Å²) in [5.74, 6) is 0. The van der Waals surface area contributed by atoms with Gasteiger partial charge in [0.05, 0.1) is 12.2 Å². The molecule has 0 bridgehead atoms. The maximum Gasteiger partial charge on any atom is 0.319 e. The molecule has 11 heavy (non-hydrogen) atoms. The lowest BCUT2D eigenvalue weighted by Crippen LogP contribution is -2.00. The Hall–Kier alpha value is 0.150. The SMILES string of the molecule is C.CC(C)O[PH](=O)OC(C)C. The lowest BCUT2D eigenvalue weighted by atomic mass is 10.5. The first-order valence-electron chi connectivity index (χ1n) is 3.39. The molecule has 0 aromatic heterocycles. The fourth-order valence-electron chi connectivity index (χ4n) is 0.413. The molecular weight excluding hydrogens is 163 g/mol. The third-order valence-electron chi connectivity index (χ3n) is 0.664. The van der Waals surface area contributed by atoms with Crippen LogP contribution in [0.3, 0.4) is 0 Å². The van der Waals surface area contributed by atoms with Gasteiger partial charge in [-0.2, -0.15) is 0 Å². The molecule has 0 saturated carbocycles. The molecular formula is C7H19O3P. The minimum Gasteiger partial charge on any atom is -0.308 e. The lowest BCUT2D eigenvalue weighted by molar-refractivity contribution is 0.161. The summed E-state index contributed by atoms with van der Waals surface area (Å²) in [6.07, 6.45) is -0.0460. The molecule has 4 heteroatoms. The molecule has 70 valence electrons. The molecule has 0 radical (unpaired) electrons. The second-order valence-corrected chi connectivity index (χ2v) is 3.55. The van der Waals surface area contributed by atoms with Gasteiger partial charge in [-0.3, -0.25) is 4.57 Å². The van der Waals surface area contributed by atoms with Gasteiger partial charge in [0.1, 0.15) is 0 Å². The largest absolute Gasteiger partial charge is 0.319 e. The predicted molar refractivity (Wildman–Crippen MR) is 48.2 cm³/mol. The van der Waals surface area contributed by atoms with Gasteiger partial charge in [0.2, 0.25) is 0 Å². The molecule has 0 rings (SSSR count). The first kappa shape index (κ1) is 13.7. The lowest BCUT2D eigenvalue weighted by Gasteiger charge is -2.09. The van der Waals surface area contributed by atoms with Crippen molar-refractivity contribution < 1.29 is 13.6 Å². The van der Waals surface area contributed by atoms with Crippen LogP contribution in [0.4, 0.5) is 0 Å². The average molecular weight is 182 g/mol. The van der Waals surface area contributed by atoms with E-state index in [-0.39, 0.29) is 19.6 Å². The highest BCUT2D eigenvalue weighted by atomic mass is 31.1. The normalized spacial score (nSPS) is 10.8. The van der Waals surface area contributed by atoms with E-state index in [0.29, 0.717) is 0 Å². The molecule has 0 aliphatic heterocycles. The van der Waals surface area contributed by atoms with Gasteiger partial charge >= 0.3 is 8.25 Å². The molecule has 0 N–H and O–H groups in total. The zero-order chi connectivity index (χ0) is 8.15. The summed E-state index contributed by atoms with van der Waals surface area (Å²) in [6, 6.07) is 0. The van der Waals surface area contributed by atoms with Crippen molar-refractivity contribution in [3.05, 3.63) is 0 Å². The summed E-state index contributed by atoms with van der Waals surface area (Å²) in [5, 5.41) is 0. The van der Waals surface area contributed by atoms with Crippen LogP contribution in [0.25, 0.3) is 0 Å². The Morgan fingerprint density at radius 3 is 1.45 bits per heavy atom. The smallest absolute Gasteiger partial charge is 0.308 e. The molecule has 0 unspecified atom stereocenters. The van der Waals surface area contributed by atoms with E-state index in [1.165, 1.54) is 0 Å². The monoisotopic (exact) mass is 182 g/mol. The predicted octanol–water partition coefficient (Wildman–Crippen LogP) is 2.86. The molecule has 0 aliphatic rings. The number of hydrogen-bond donors (Lipinski definition) is 0. The average Bonchev–Trinajstić information content (AvgIpc) is 1.58. The maximum absolute atomic E-state index is 10.8. The molecule has 0 aliphatic carbocycles. The van der Waals surface area contributed by atoms with Gasteiger partial charge in [0.15, 0.2) is 0 Å². The quantitative estimate of drug-likeness (QED) is 0.627.